The molecule has 1 aromatic carbocycles. The summed E-state index contributed by atoms with van der Waals surface area (Å²) in [5.41, 5.74) is -0.433. The van der Waals surface area contributed by atoms with E-state index in [4.69, 9.17) is 4.84 Å². The molecule has 0 bridgehead atoms. The maximum atomic E-state index is 13.2. The summed E-state index contributed by atoms with van der Waals surface area (Å²) < 4.78 is 51.4. The number of hydrogen-bond acceptors (Lipinski definition) is 4. The first-order chi connectivity index (χ1) is 11.8. The van der Waals surface area contributed by atoms with Gasteiger partial charge < -0.3 is 10.2 Å². The van der Waals surface area contributed by atoms with Gasteiger partial charge in [0.15, 0.2) is 5.82 Å². The van der Waals surface area contributed by atoms with Crippen LogP contribution in [0.1, 0.15) is 23.2 Å². The van der Waals surface area contributed by atoms with Crippen LogP contribution in [0, 0.1) is 12.7 Å². The number of carbonyl (C=O) groups is 1. The van der Waals surface area contributed by atoms with Crippen LogP contribution in [0.2, 0.25) is 0 Å². The fourth-order valence-corrected chi connectivity index (χ4v) is 2.35. The van der Waals surface area contributed by atoms with E-state index in [1.165, 1.54) is 25.1 Å². The van der Waals surface area contributed by atoms with Crippen LogP contribution in [0.25, 0.3) is 0 Å². The molecule has 6 nitrogen and oxygen atoms in total. The van der Waals surface area contributed by atoms with Crippen molar-refractivity contribution in [3.8, 4) is 0 Å². The number of H-pyrrole nitrogens is 1. The molecule has 25 heavy (non-hydrogen) atoms. The van der Waals surface area contributed by atoms with E-state index in [0.717, 1.165) is 0 Å². The number of benzene rings is 1. The number of alkyl halides is 3. The molecule has 132 valence electrons. The molecule has 1 amide bonds. The molecule has 1 aliphatic rings. The number of halogens is 4. The van der Waals surface area contributed by atoms with Crippen molar-refractivity contribution in [3.05, 3.63) is 46.9 Å². The fourth-order valence-electron chi connectivity index (χ4n) is 2.35. The average molecular weight is 356 g/mol. The molecule has 0 radical (unpaired) electrons. The van der Waals surface area contributed by atoms with Crippen LogP contribution in [0.4, 0.5) is 23.4 Å². The lowest BCUT2D eigenvalue weighted by atomic mass is 10.0. The van der Waals surface area contributed by atoms with Crippen LogP contribution in [0.15, 0.2) is 29.4 Å². The van der Waals surface area contributed by atoms with Gasteiger partial charge in [-0.05, 0) is 19.1 Å². The minimum Gasteiger partial charge on any atom is -0.382 e. The van der Waals surface area contributed by atoms with Gasteiger partial charge in [-0.25, -0.2) is 4.39 Å². The van der Waals surface area contributed by atoms with Gasteiger partial charge in [-0.1, -0.05) is 17.3 Å². The van der Waals surface area contributed by atoms with E-state index in [2.05, 4.69) is 15.6 Å². The molecule has 1 aromatic heterocycles. The van der Waals surface area contributed by atoms with E-state index in [1.54, 1.807) is 6.07 Å². The lowest BCUT2D eigenvalue weighted by Crippen LogP contribution is -2.28. The van der Waals surface area contributed by atoms with Crippen LogP contribution in [-0.2, 0) is 15.8 Å². The highest BCUT2D eigenvalue weighted by Crippen LogP contribution is 2.32. The van der Waals surface area contributed by atoms with Crippen LogP contribution >= 0.6 is 0 Å². The molecule has 10 heteroatoms. The van der Waals surface area contributed by atoms with E-state index in [0.29, 0.717) is 11.3 Å². The van der Waals surface area contributed by atoms with Crippen molar-refractivity contribution in [2.24, 2.45) is 5.16 Å². The highest BCUT2D eigenvalue weighted by atomic mass is 19.4. The summed E-state index contributed by atoms with van der Waals surface area (Å²) in [4.78, 5) is 17.2. The molecule has 0 saturated heterocycles. The minimum atomic E-state index is -4.60. The second kappa shape index (κ2) is 6.19. The molecule has 2 aromatic rings. The Morgan fingerprint density at radius 3 is 2.80 bits per heavy atom. The molecule has 1 atom stereocenters. The Balaban J connectivity index is 1.67. The largest absolute Gasteiger partial charge is 0.433 e. The van der Waals surface area contributed by atoms with Gasteiger partial charge >= 0.3 is 6.18 Å². The molecule has 0 fully saturated rings. The zero-order valence-electron chi connectivity index (χ0n) is 12.8. The van der Waals surface area contributed by atoms with Gasteiger partial charge in [0.2, 0.25) is 6.10 Å². The number of oxime groups is 1. The standard InChI is InChI=1S/C15H12F4N4O2/c1-7-12(15(17,18)19)21-22-13(7)20-14(24)11-6-10(23-25-11)8-3-2-4-9(16)5-8/h2-5,11H,6H2,1H3,(H2,20,21,22,24)/t11-/m0/s1. The van der Waals surface area contributed by atoms with Crippen LogP contribution < -0.4 is 5.32 Å². The van der Waals surface area contributed by atoms with Gasteiger partial charge in [-0.3, -0.25) is 9.89 Å². The van der Waals surface area contributed by atoms with Gasteiger partial charge in [-0.2, -0.15) is 18.3 Å². The lowest BCUT2D eigenvalue weighted by molar-refractivity contribution is -0.141. The summed E-state index contributed by atoms with van der Waals surface area (Å²) >= 11 is 0. The van der Waals surface area contributed by atoms with Gasteiger partial charge in [-0.15, -0.1) is 0 Å². The Morgan fingerprint density at radius 1 is 1.40 bits per heavy atom. The van der Waals surface area contributed by atoms with E-state index >= 15 is 0 Å². The highest BCUT2D eigenvalue weighted by Gasteiger charge is 2.37. The van der Waals surface area contributed by atoms with Gasteiger partial charge in [0.1, 0.15) is 11.5 Å². The van der Waals surface area contributed by atoms with E-state index < -0.39 is 29.7 Å². The summed E-state index contributed by atoms with van der Waals surface area (Å²) in [6.07, 6.45) is -5.58. The van der Waals surface area contributed by atoms with Crippen molar-refractivity contribution in [3.63, 3.8) is 0 Å². The summed E-state index contributed by atoms with van der Waals surface area (Å²) in [7, 11) is 0. The Hall–Kier alpha value is -2.91. The molecule has 0 saturated carbocycles. The first-order valence-corrected chi connectivity index (χ1v) is 7.17. The monoisotopic (exact) mass is 356 g/mol. The predicted molar refractivity (Wildman–Crippen MR) is 79.4 cm³/mol. The fraction of sp³-hybridized carbons (Fsp3) is 0.267. The maximum Gasteiger partial charge on any atom is 0.433 e. The number of nitrogens with one attached hydrogen (secondary N) is 2. The Labute approximate surface area is 138 Å². The van der Waals surface area contributed by atoms with Crippen molar-refractivity contribution >= 4 is 17.4 Å². The van der Waals surface area contributed by atoms with E-state index in [9.17, 15) is 22.4 Å². The van der Waals surface area contributed by atoms with Crippen molar-refractivity contribution in [1.29, 1.82) is 0 Å². The average Bonchev–Trinajstić information content (AvgIpc) is 3.15. The number of carbonyl (C=O) groups excluding carboxylic acids is 1. The molecule has 2 N–H and O–H groups in total. The normalized spacial score (nSPS) is 17.2. The van der Waals surface area contributed by atoms with Crippen molar-refractivity contribution in [2.75, 3.05) is 5.32 Å². The number of anilines is 1. The Bertz CT molecular complexity index is 844. The van der Waals surface area contributed by atoms with Crippen molar-refractivity contribution < 1.29 is 27.2 Å². The zero-order chi connectivity index (χ0) is 18.2. The highest BCUT2D eigenvalue weighted by molar-refractivity contribution is 6.06. The van der Waals surface area contributed by atoms with Gasteiger partial charge in [0.05, 0.1) is 5.71 Å². The molecule has 0 unspecified atom stereocenters. The van der Waals surface area contributed by atoms with Crippen molar-refractivity contribution in [2.45, 2.75) is 25.6 Å². The van der Waals surface area contributed by atoms with Gasteiger partial charge in [0.25, 0.3) is 5.91 Å². The molecule has 1 aliphatic heterocycles. The van der Waals surface area contributed by atoms with Crippen LogP contribution in [0.3, 0.4) is 0 Å². The summed E-state index contributed by atoms with van der Waals surface area (Å²) in [5, 5.41) is 11.3. The minimum absolute atomic E-state index is 0.0604. The SMILES string of the molecule is Cc1c(NC(=O)[C@@H]2CC(c3cccc(F)c3)=NO2)n[nH]c1C(F)(F)F. The van der Waals surface area contributed by atoms with Crippen LogP contribution in [0.5, 0.6) is 0 Å². The molecular weight excluding hydrogens is 344 g/mol. The third kappa shape index (κ3) is 3.47. The molecule has 0 aliphatic carbocycles. The lowest BCUT2D eigenvalue weighted by Gasteiger charge is -2.09. The van der Waals surface area contributed by atoms with E-state index in [-0.39, 0.29) is 17.8 Å². The molecule has 3 rings (SSSR count). The van der Waals surface area contributed by atoms with Crippen LogP contribution in [-0.4, -0.2) is 27.9 Å². The quantitative estimate of drug-likeness (QED) is 0.830. The number of rotatable bonds is 3. The first kappa shape index (κ1) is 16.9. The summed E-state index contributed by atoms with van der Waals surface area (Å²) in [6, 6.07) is 5.62. The second-order valence-corrected chi connectivity index (χ2v) is 5.41. The number of hydrogen-bond donors (Lipinski definition) is 2. The number of nitrogens with zero attached hydrogens (tertiary/aromatic N) is 2. The third-order valence-corrected chi connectivity index (χ3v) is 3.65. The smallest absolute Gasteiger partial charge is 0.382 e. The molecule has 2 heterocycles. The topological polar surface area (TPSA) is 79.4 Å². The van der Waals surface area contributed by atoms with Gasteiger partial charge in [0, 0.05) is 17.5 Å². The number of amides is 1. The molecule has 0 spiro atoms. The van der Waals surface area contributed by atoms with E-state index in [1.807, 2.05) is 5.10 Å². The maximum absolute atomic E-state index is 13.2. The second-order valence-electron chi connectivity index (χ2n) is 5.41. The Kier molecular flexibility index (Phi) is 4.19. The summed E-state index contributed by atoms with van der Waals surface area (Å²) in [6.45, 7) is 1.19. The number of aromatic amines is 1. The first-order valence-electron chi connectivity index (χ1n) is 7.17. The Morgan fingerprint density at radius 2 is 2.16 bits per heavy atom. The zero-order valence-corrected chi connectivity index (χ0v) is 12.8. The van der Waals surface area contributed by atoms with Crippen molar-refractivity contribution in [1.82, 2.24) is 10.2 Å². The number of aromatic nitrogens is 2. The summed E-state index contributed by atoms with van der Waals surface area (Å²) in [5.74, 6) is -1.39. The molecular formula is C15H12F4N4O2. The predicted octanol–water partition coefficient (Wildman–Crippen LogP) is 3.01. The third-order valence-electron chi connectivity index (χ3n) is 3.65.